The minimum absolute atomic E-state index is 0.378. The molecule has 0 spiro atoms. The van der Waals surface area contributed by atoms with E-state index in [2.05, 4.69) is 28.4 Å². The minimum atomic E-state index is 0.378. The largest absolute Gasteiger partial charge is 0.481 e. The maximum Gasteiger partial charge on any atom is 0.215 e. The van der Waals surface area contributed by atoms with Crippen LogP contribution >= 0.6 is 0 Å². The van der Waals surface area contributed by atoms with Crippen molar-refractivity contribution < 1.29 is 4.74 Å². The predicted molar refractivity (Wildman–Crippen MR) is 79.7 cm³/mol. The van der Waals surface area contributed by atoms with E-state index in [1.165, 1.54) is 12.8 Å². The van der Waals surface area contributed by atoms with Gasteiger partial charge in [0, 0.05) is 12.1 Å². The first-order valence-corrected chi connectivity index (χ1v) is 7.30. The van der Waals surface area contributed by atoms with E-state index in [0.717, 1.165) is 17.6 Å². The van der Waals surface area contributed by atoms with Crippen molar-refractivity contribution in [3.63, 3.8) is 0 Å². The van der Waals surface area contributed by atoms with Crippen LogP contribution < -0.4 is 10.5 Å². The lowest BCUT2D eigenvalue weighted by molar-refractivity contribution is 0.190. The molecule has 3 rings (SSSR count). The fourth-order valence-electron chi connectivity index (χ4n) is 3.33. The summed E-state index contributed by atoms with van der Waals surface area (Å²) in [5.74, 6) is 2.45. The molecule has 0 aliphatic heterocycles. The normalized spacial score (nSPS) is 26.9. The molecule has 2 aromatic heterocycles. The molecule has 2 N–H and O–H groups in total. The Balaban J connectivity index is 2.11. The van der Waals surface area contributed by atoms with Crippen molar-refractivity contribution in [2.75, 3.05) is 12.8 Å². The van der Waals surface area contributed by atoms with E-state index < -0.39 is 0 Å². The fourth-order valence-corrected chi connectivity index (χ4v) is 3.33. The Bertz CT molecular complexity index is 622. The van der Waals surface area contributed by atoms with Gasteiger partial charge in [0.2, 0.25) is 11.8 Å². The topological polar surface area (TPSA) is 66.0 Å². The second kappa shape index (κ2) is 4.96. The first-order chi connectivity index (χ1) is 9.61. The van der Waals surface area contributed by atoms with Gasteiger partial charge < -0.3 is 10.5 Å². The number of hydrogen-bond donors (Lipinski definition) is 1. The molecule has 20 heavy (non-hydrogen) atoms. The Labute approximate surface area is 119 Å². The Morgan fingerprint density at radius 1 is 1.25 bits per heavy atom. The maximum absolute atomic E-state index is 6.15. The van der Waals surface area contributed by atoms with Gasteiger partial charge in [-0.15, -0.1) is 0 Å². The number of methoxy groups -OCH3 is 1. The number of nitrogens with zero attached hydrogens (tertiary/aromatic N) is 3. The highest BCUT2D eigenvalue weighted by Crippen LogP contribution is 2.40. The maximum atomic E-state index is 6.15. The Hall–Kier alpha value is -1.78. The number of nitrogen functional groups attached to an aromatic ring is 1. The standard InChI is InChI=1S/C15H22N4O/c1-9-5-4-6-12(10(9)2)19-14-11(17-15(19)16)7-8-13(18-14)20-3/h7-10,12H,4-6H2,1-3H3,(H2,16,17). The molecule has 5 nitrogen and oxygen atoms in total. The number of hydrogen-bond acceptors (Lipinski definition) is 4. The van der Waals surface area contributed by atoms with Crippen LogP contribution in [0.1, 0.15) is 39.2 Å². The summed E-state index contributed by atoms with van der Waals surface area (Å²) in [5, 5.41) is 0. The highest BCUT2D eigenvalue weighted by Gasteiger charge is 2.31. The van der Waals surface area contributed by atoms with E-state index in [1.54, 1.807) is 7.11 Å². The second-order valence-corrected chi connectivity index (χ2v) is 5.87. The zero-order chi connectivity index (χ0) is 14.3. The molecule has 108 valence electrons. The lowest BCUT2D eigenvalue weighted by atomic mass is 9.78. The van der Waals surface area contributed by atoms with E-state index in [-0.39, 0.29) is 0 Å². The number of nitrogens with two attached hydrogens (primary N) is 1. The summed E-state index contributed by atoms with van der Waals surface area (Å²) >= 11 is 0. The molecule has 1 aliphatic carbocycles. The zero-order valence-electron chi connectivity index (χ0n) is 12.3. The first-order valence-electron chi connectivity index (χ1n) is 7.30. The summed E-state index contributed by atoms with van der Waals surface area (Å²) in [6, 6.07) is 4.13. The van der Waals surface area contributed by atoms with Crippen LogP contribution in [0.25, 0.3) is 11.2 Å². The Morgan fingerprint density at radius 3 is 2.80 bits per heavy atom. The molecule has 0 radical (unpaired) electrons. The lowest BCUT2D eigenvalue weighted by Crippen LogP contribution is -2.28. The van der Waals surface area contributed by atoms with Gasteiger partial charge in [-0.3, -0.25) is 4.57 Å². The molecule has 1 fully saturated rings. The fraction of sp³-hybridized carbons (Fsp3) is 0.600. The van der Waals surface area contributed by atoms with Crippen molar-refractivity contribution in [3.8, 4) is 5.88 Å². The van der Waals surface area contributed by atoms with Gasteiger partial charge in [-0.2, -0.15) is 4.98 Å². The van der Waals surface area contributed by atoms with Crippen LogP contribution in [0.5, 0.6) is 5.88 Å². The molecule has 0 saturated heterocycles. The van der Waals surface area contributed by atoms with E-state index in [1.807, 2.05) is 12.1 Å². The van der Waals surface area contributed by atoms with Crippen LogP contribution in [-0.4, -0.2) is 21.6 Å². The average Bonchev–Trinajstić information content (AvgIpc) is 2.77. The van der Waals surface area contributed by atoms with Crippen molar-refractivity contribution in [1.82, 2.24) is 14.5 Å². The number of rotatable bonds is 2. The number of imidazole rings is 1. The Kier molecular flexibility index (Phi) is 3.28. The number of fused-ring (bicyclic) bond motifs is 1. The summed E-state index contributed by atoms with van der Waals surface area (Å²) in [6.07, 6.45) is 3.67. The van der Waals surface area contributed by atoms with Gasteiger partial charge in [0.05, 0.1) is 7.11 Å². The second-order valence-electron chi connectivity index (χ2n) is 5.87. The molecule has 3 unspecified atom stereocenters. The molecule has 3 atom stereocenters. The third-order valence-electron chi connectivity index (χ3n) is 4.74. The van der Waals surface area contributed by atoms with E-state index in [9.17, 15) is 0 Å². The van der Waals surface area contributed by atoms with Gasteiger partial charge >= 0.3 is 0 Å². The minimum Gasteiger partial charge on any atom is -0.481 e. The third kappa shape index (κ3) is 2.01. The number of ether oxygens (including phenoxy) is 1. The highest BCUT2D eigenvalue weighted by molar-refractivity contribution is 5.75. The van der Waals surface area contributed by atoms with Gasteiger partial charge in [0.1, 0.15) is 5.52 Å². The van der Waals surface area contributed by atoms with Crippen molar-refractivity contribution in [1.29, 1.82) is 0 Å². The van der Waals surface area contributed by atoms with E-state index in [4.69, 9.17) is 10.5 Å². The summed E-state index contributed by atoms with van der Waals surface area (Å²) in [4.78, 5) is 8.99. The van der Waals surface area contributed by atoms with Gasteiger partial charge in [0.15, 0.2) is 5.65 Å². The van der Waals surface area contributed by atoms with Crippen LogP contribution in [-0.2, 0) is 0 Å². The quantitative estimate of drug-likeness (QED) is 0.914. The number of aromatic nitrogens is 3. The third-order valence-corrected chi connectivity index (χ3v) is 4.74. The molecule has 2 heterocycles. The SMILES string of the molecule is COc1ccc2nc(N)n(C3CCCC(C)C3C)c2n1. The predicted octanol–water partition coefficient (Wildman–Crippen LogP) is 3.02. The molecular formula is C15H22N4O. The molecular weight excluding hydrogens is 252 g/mol. The van der Waals surface area contributed by atoms with Crippen molar-refractivity contribution in [3.05, 3.63) is 12.1 Å². The average molecular weight is 274 g/mol. The summed E-state index contributed by atoms with van der Waals surface area (Å²) < 4.78 is 7.34. The van der Waals surface area contributed by atoms with E-state index in [0.29, 0.717) is 29.7 Å². The van der Waals surface area contributed by atoms with Crippen LogP contribution in [0.2, 0.25) is 0 Å². The summed E-state index contributed by atoms with van der Waals surface area (Å²) in [5.41, 5.74) is 7.84. The molecule has 0 aromatic carbocycles. The molecule has 0 amide bonds. The summed E-state index contributed by atoms with van der Waals surface area (Å²) in [6.45, 7) is 4.63. The van der Waals surface area contributed by atoms with Crippen molar-refractivity contribution in [2.24, 2.45) is 11.8 Å². The summed E-state index contributed by atoms with van der Waals surface area (Å²) in [7, 11) is 1.63. The van der Waals surface area contributed by atoms with Gasteiger partial charge in [-0.25, -0.2) is 4.98 Å². The molecule has 1 saturated carbocycles. The van der Waals surface area contributed by atoms with Gasteiger partial charge in [-0.1, -0.05) is 26.7 Å². The highest BCUT2D eigenvalue weighted by atomic mass is 16.5. The van der Waals surface area contributed by atoms with E-state index >= 15 is 0 Å². The zero-order valence-corrected chi connectivity index (χ0v) is 12.3. The van der Waals surface area contributed by atoms with Crippen LogP contribution in [0, 0.1) is 11.8 Å². The smallest absolute Gasteiger partial charge is 0.215 e. The van der Waals surface area contributed by atoms with Crippen LogP contribution in [0.4, 0.5) is 5.95 Å². The molecule has 1 aliphatic rings. The van der Waals surface area contributed by atoms with Crippen LogP contribution in [0.3, 0.4) is 0 Å². The Morgan fingerprint density at radius 2 is 2.05 bits per heavy atom. The monoisotopic (exact) mass is 274 g/mol. The van der Waals surface area contributed by atoms with Crippen LogP contribution in [0.15, 0.2) is 12.1 Å². The van der Waals surface area contributed by atoms with Gasteiger partial charge in [-0.05, 0) is 24.3 Å². The van der Waals surface area contributed by atoms with Crippen molar-refractivity contribution >= 4 is 17.1 Å². The van der Waals surface area contributed by atoms with Gasteiger partial charge in [0.25, 0.3) is 0 Å². The van der Waals surface area contributed by atoms with Crippen molar-refractivity contribution in [2.45, 2.75) is 39.2 Å². The number of pyridine rings is 1. The molecule has 2 aromatic rings. The molecule has 0 bridgehead atoms. The first kappa shape index (κ1) is 13.2. The molecule has 5 heteroatoms. The lowest BCUT2D eigenvalue weighted by Gasteiger charge is -2.35. The number of anilines is 1.